The summed E-state index contributed by atoms with van der Waals surface area (Å²) in [5.74, 6) is 0.101. The molecule has 0 spiro atoms. The lowest BCUT2D eigenvalue weighted by Gasteiger charge is -2.29. The van der Waals surface area contributed by atoms with Crippen molar-refractivity contribution in [3.8, 4) is 17.1 Å². The molecule has 0 atom stereocenters. The van der Waals surface area contributed by atoms with Gasteiger partial charge in [0.1, 0.15) is 11.5 Å². The van der Waals surface area contributed by atoms with E-state index in [2.05, 4.69) is 27.2 Å². The van der Waals surface area contributed by atoms with E-state index in [0.717, 1.165) is 31.4 Å². The highest BCUT2D eigenvalue weighted by Gasteiger charge is 2.33. The van der Waals surface area contributed by atoms with Crippen molar-refractivity contribution >= 4 is 5.91 Å². The Labute approximate surface area is 190 Å². The molecule has 1 saturated carbocycles. The fourth-order valence-electron chi connectivity index (χ4n) is 4.42. The second kappa shape index (κ2) is 9.68. The van der Waals surface area contributed by atoms with Gasteiger partial charge in [0, 0.05) is 18.4 Å². The summed E-state index contributed by atoms with van der Waals surface area (Å²) in [6.07, 6.45) is 2.36. The third-order valence-corrected chi connectivity index (χ3v) is 6.06. The van der Waals surface area contributed by atoms with Crippen LogP contribution in [-0.2, 0) is 0 Å². The maximum atomic E-state index is 12.8. The van der Waals surface area contributed by atoms with E-state index < -0.39 is 12.1 Å². The third kappa shape index (κ3) is 5.74. The zero-order chi connectivity index (χ0) is 23.4. The number of pyridine rings is 1. The Hall–Kier alpha value is -3.29. The fourth-order valence-corrected chi connectivity index (χ4v) is 4.42. The van der Waals surface area contributed by atoms with Crippen molar-refractivity contribution in [1.82, 2.24) is 10.3 Å². The fraction of sp³-hybridized carbons (Fsp3) is 0.360. The van der Waals surface area contributed by atoms with Crippen molar-refractivity contribution in [2.75, 3.05) is 6.54 Å². The van der Waals surface area contributed by atoms with Crippen molar-refractivity contribution in [3.05, 3.63) is 71.7 Å². The largest absolute Gasteiger partial charge is 0.573 e. The number of aryl methyl sites for hydroxylation is 1. The minimum Gasteiger partial charge on any atom is -0.463 e. The number of amides is 1. The van der Waals surface area contributed by atoms with E-state index >= 15 is 0 Å². The minimum absolute atomic E-state index is 0.0455. The number of aromatic nitrogens is 1. The van der Waals surface area contributed by atoms with E-state index in [1.54, 1.807) is 6.07 Å². The maximum Gasteiger partial charge on any atom is 0.573 e. The van der Waals surface area contributed by atoms with Gasteiger partial charge in [-0.1, -0.05) is 12.1 Å². The Morgan fingerprint density at radius 1 is 1.15 bits per heavy atom. The van der Waals surface area contributed by atoms with Crippen LogP contribution in [0.3, 0.4) is 0 Å². The molecule has 0 bridgehead atoms. The first-order valence-corrected chi connectivity index (χ1v) is 10.9. The molecule has 1 fully saturated rings. The second-order valence-electron chi connectivity index (χ2n) is 8.37. The first-order valence-electron chi connectivity index (χ1n) is 10.9. The van der Waals surface area contributed by atoms with Crippen LogP contribution in [0.15, 0.2) is 59.3 Å². The van der Waals surface area contributed by atoms with E-state index in [4.69, 9.17) is 4.42 Å². The lowest BCUT2D eigenvalue weighted by atomic mass is 9.79. The van der Waals surface area contributed by atoms with Gasteiger partial charge in [-0.2, -0.15) is 0 Å². The van der Waals surface area contributed by atoms with Gasteiger partial charge in [0.15, 0.2) is 0 Å². The van der Waals surface area contributed by atoms with E-state index in [-0.39, 0.29) is 22.8 Å². The predicted octanol–water partition coefficient (Wildman–Crippen LogP) is 6.25. The van der Waals surface area contributed by atoms with E-state index in [1.807, 2.05) is 13.1 Å². The number of nitrogens with one attached hydrogen (secondary N) is 1. The number of nitrogens with zero attached hydrogens (tertiary/aromatic N) is 1. The Morgan fingerprint density at radius 3 is 2.64 bits per heavy atom. The molecular weight excluding hydrogens is 433 g/mol. The monoisotopic (exact) mass is 458 g/mol. The van der Waals surface area contributed by atoms with Crippen LogP contribution in [0.4, 0.5) is 13.2 Å². The first kappa shape index (κ1) is 22.9. The Balaban J connectivity index is 1.37. The third-order valence-electron chi connectivity index (χ3n) is 6.06. The van der Waals surface area contributed by atoms with E-state index in [0.29, 0.717) is 18.4 Å². The quantitative estimate of drug-likeness (QED) is 0.474. The number of furan rings is 1. The van der Waals surface area contributed by atoms with Gasteiger partial charge in [-0.15, -0.1) is 13.2 Å². The van der Waals surface area contributed by atoms with Crippen LogP contribution in [0.2, 0.25) is 0 Å². The molecule has 8 heteroatoms. The standard InChI is InChI=1S/C25H25F3N2O3/c1-16-14-19(10-12-29-16)18-8-6-17(7-9-18)15-30-24(31)21-11-13-32-23(21)20-4-2-3-5-22(20)33-25(26,27)28/h2-5,10-14,17-18H,6-9,15H2,1H3,(H,30,31). The molecule has 174 valence electrons. The predicted molar refractivity (Wildman–Crippen MR) is 117 cm³/mol. The number of hydrogen-bond donors (Lipinski definition) is 1. The number of carbonyl (C=O) groups is 1. The van der Waals surface area contributed by atoms with E-state index in [1.165, 1.54) is 36.1 Å². The average Bonchev–Trinajstić information content (AvgIpc) is 3.27. The van der Waals surface area contributed by atoms with Gasteiger partial charge in [-0.05, 0) is 80.3 Å². The molecule has 0 radical (unpaired) electrons. The summed E-state index contributed by atoms with van der Waals surface area (Å²) in [7, 11) is 0. The normalized spacial score (nSPS) is 18.7. The van der Waals surface area contributed by atoms with Crippen LogP contribution >= 0.6 is 0 Å². The summed E-state index contributed by atoms with van der Waals surface area (Å²) < 4.78 is 47.8. The van der Waals surface area contributed by atoms with Crippen LogP contribution in [0, 0.1) is 12.8 Å². The molecule has 2 heterocycles. The molecule has 1 aromatic carbocycles. The van der Waals surface area contributed by atoms with Gasteiger partial charge in [0.25, 0.3) is 5.91 Å². The number of alkyl halides is 3. The van der Waals surface area contributed by atoms with Gasteiger partial charge < -0.3 is 14.5 Å². The SMILES string of the molecule is Cc1cc(C2CCC(CNC(=O)c3ccoc3-c3ccccc3OC(F)(F)F)CC2)ccn1. The molecular formula is C25H25F3N2O3. The summed E-state index contributed by atoms with van der Waals surface area (Å²) in [5, 5.41) is 2.92. The molecule has 0 unspecified atom stereocenters. The number of carbonyl (C=O) groups excluding carboxylic acids is 1. The van der Waals surface area contributed by atoms with Crippen LogP contribution in [-0.4, -0.2) is 23.8 Å². The lowest BCUT2D eigenvalue weighted by Crippen LogP contribution is -2.31. The van der Waals surface area contributed by atoms with E-state index in [9.17, 15) is 18.0 Å². The van der Waals surface area contributed by atoms with Crippen LogP contribution in [0.25, 0.3) is 11.3 Å². The molecule has 1 aliphatic carbocycles. The number of para-hydroxylation sites is 1. The van der Waals surface area contributed by atoms with Crippen molar-refractivity contribution in [2.45, 2.75) is 44.9 Å². The Morgan fingerprint density at radius 2 is 1.91 bits per heavy atom. The van der Waals surface area contributed by atoms with Crippen molar-refractivity contribution in [1.29, 1.82) is 0 Å². The highest BCUT2D eigenvalue weighted by atomic mass is 19.4. The number of benzene rings is 1. The molecule has 0 saturated heterocycles. The molecule has 3 aromatic rings. The highest BCUT2D eigenvalue weighted by Crippen LogP contribution is 2.37. The summed E-state index contributed by atoms with van der Waals surface area (Å²) >= 11 is 0. The Kier molecular flexibility index (Phi) is 6.72. The molecule has 33 heavy (non-hydrogen) atoms. The molecule has 5 nitrogen and oxygen atoms in total. The number of ether oxygens (including phenoxy) is 1. The number of hydrogen-bond acceptors (Lipinski definition) is 4. The molecule has 2 aromatic heterocycles. The topological polar surface area (TPSA) is 64.4 Å². The zero-order valence-corrected chi connectivity index (χ0v) is 18.2. The summed E-state index contributed by atoms with van der Waals surface area (Å²) in [5.41, 5.74) is 2.57. The molecule has 4 rings (SSSR count). The van der Waals surface area contributed by atoms with Gasteiger partial charge in [0.05, 0.1) is 17.4 Å². The molecule has 0 aliphatic heterocycles. The molecule has 1 aliphatic rings. The van der Waals surface area contributed by atoms with Gasteiger partial charge in [-0.25, -0.2) is 0 Å². The summed E-state index contributed by atoms with van der Waals surface area (Å²) in [6, 6.07) is 11.3. The lowest BCUT2D eigenvalue weighted by molar-refractivity contribution is -0.274. The van der Waals surface area contributed by atoms with Crippen LogP contribution < -0.4 is 10.1 Å². The smallest absolute Gasteiger partial charge is 0.463 e. The van der Waals surface area contributed by atoms with Crippen LogP contribution in [0.5, 0.6) is 5.75 Å². The maximum absolute atomic E-state index is 12.8. The second-order valence-corrected chi connectivity index (χ2v) is 8.37. The zero-order valence-electron chi connectivity index (χ0n) is 18.2. The number of halogens is 3. The molecule has 1 amide bonds. The molecule has 1 N–H and O–H groups in total. The highest BCUT2D eigenvalue weighted by molar-refractivity contribution is 6.00. The van der Waals surface area contributed by atoms with Gasteiger partial charge in [-0.3, -0.25) is 9.78 Å². The number of rotatable bonds is 6. The minimum atomic E-state index is -4.85. The first-order chi connectivity index (χ1) is 15.8. The Bertz CT molecular complexity index is 1100. The van der Waals surface area contributed by atoms with Crippen molar-refractivity contribution < 1.29 is 27.1 Å². The summed E-state index contributed by atoms with van der Waals surface area (Å²) in [4.78, 5) is 17.1. The van der Waals surface area contributed by atoms with Crippen molar-refractivity contribution in [2.24, 2.45) is 5.92 Å². The average molecular weight is 458 g/mol. The van der Waals surface area contributed by atoms with Gasteiger partial charge in [0.2, 0.25) is 0 Å². The summed E-state index contributed by atoms with van der Waals surface area (Å²) in [6.45, 7) is 2.49. The van der Waals surface area contributed by atoms with Crippen molar-refractivity contribution in [3.63, 3.8) is 0 Å². The van der Waals surface area contributed by atoms with Crippen LogP contribution in [0.1, 0.15) is 53.2 Å². The van der Waals surface area contributed by atoms with Gasteiger partial charge >= 0.3 is 6.36 Å².